The number of nitrogens with zero attached hydrogens (tertiary/aromatic N) is 3. The van der Waals surface area contributed by atoms with Crippen LogP contribution in [0.1, 0.15) is 22.3 Å². The van der Waals surface area contributed by atoms with Crippen LogP contribution in [0.25, 0.3) is 0 Å². The molecule has 2 N–H and O–H groups in total. The highest BCUT2D eigenvalue weighted by Gasteiger charge is 2.22. The molecule has 33 heavy (non-hydrogen) atoms. The Labute approximate surface area is 195 Å². The van der Waals surface area contributed by atoms with E-state index in [2.05, 4.69) is 10.3 Å². The van der Waals surface area contributed by atoms with Crippen molar-refractivity contribution in [2.24, 2.45) is 19.1 Å². The first-order valence-corrected chi connectivity index (χ1v) is 11.2. The predicted octanol–water partition coefficient (Wildman–Crippen LogP) is 3.17. The van der Waals surface area contributed by atoms with Crippen LogP contribution in [0.3, 0.4) is 0 Å². The summed E-state index contributed by atoms with van der Waals surface area (Å²) in [6.07, 6.45) is 0. The lowest BCUT2D eigenvalue weighted by molar-refractivity contribution is -0.113. The van der Waals surface area contributed by atoms with Gasteiger partial charge in [0.2, 0.25) is 11.8 Å². The van der Waals surface area contributed by atoms with E-state index >= 15 is 0 Å². The number of aromatic nitrogens is 2. The molecule has 0 saturated heterocycles. The fourth-order valence-electron chi connectivity index (χ4n) is 3.11. The van der Waals surface area contributed by atoms with Crippen molar-refractivity contribution in [1.29, 1.82) is 0 Å². The smallest absolute Gasteiger partial charge is 0.333 e. The molecule has 3 aromatic rings. The number of aromatic hydroxyl groups is 1. The topological polar surface area (TPSA) is 106 Å². The van der Waals surface area contributed by atoms with Gasteiger partial charge in [-0.3, -0.25) is 18.7 Å². The minimum atomic E-state index is -0.691. The van der Waals surface area contributed by atoms with Crippen LogP contribution in [-0.4, -0.2) is 30.9 Å². The van der Waals surface area contributed by atoms with E-state index < -0.39 is 17.1 Å². The van der Waals surface area contributed by atoms with Crippen LogP contribution in [0, 0.1) is 20.8 Å². The van der Waals surface area contributed by atoms with Gasteiger partial charge in [-0.25, -0.2) is 9.79 Å². The number of anilines is 1. The average molecular weight is 467 g/mol. The van der Waals surface area contributed by atoms with Gasteiger partial charge in [-0.1, -0.05) is 41.6 Å². The molecular weight excluding hydrogens is 440 g/mol. The van der Waals surface area contributed by atoms with E-state index in [1.165, 1.54) is 14.1 Å². The molecule has 9 heteroatoms. The molecule has 2 aromatic carbocycles. The van der Waals surface area contributed by atoms with Crippen molar-refractivity contribution >= 4 is 34.1 Å². The van der Waals surface area contributed by atoms with E-state index in [0.717, 1.165) is 37.6 Å². The van der Waals surface area contributed by atoms with E-state index in [4.69, 9.17) is 0 Å². The number of hydrogen-bond donors (Lipinski definition) is 2. The number of hydrogen-bond acceptors (Lipinski definition) is 6. The number of amides is 1. The maximum Gasteiger partial charge on any atom is 0.333 e. The zero-order chi connectivity index (χ0) is 24.3. The number of aryl methyl sites for hydroxylation is 3. The molecule has 0 aliphatic carbocycles. The molecule has 1 heterocycles. The molecule has 0 radical (unpaired) electrons. The van der Waals surface area contributed by atoms with Crippen LogP contribution in [0.5, 0.6) is 5.88 Å². The summed E-state index contributed by atoms with van der Waals surface area (Å²) in [4.78, 5) is 42.2. The number of carbonyl (C=O) groups excluding carboxylic acids is 1. The normalized spacial score (nSPS) is 11.5. The largest absolute Gasteiger partial charge is 0.494 e. The fraction of sp³-hybridized carbons (Fsp3) is 0.250. The zero-order valence-corrected chi connectivity index (χ0v) is 20.0. The van der Waals surface area contributed by atoms with Gasteiger partial charge in [-0.15, -0.1) is 0 Å². The molecule has 0 spiro atoms. The summed E-state index contributed by atoms with van der Waals surface area (Å²) in [5, 5.41) is 13.6. The molecule has 1 amide bonds. The molecule has 172 valence electrons. The van der Waals surface area contributed by atoms with E-state index in [-0.39, 0.29) is 22.3 Å². The molecular formula is C24H26N4O4S. The van der Waals surface area contributed by atoms with Crippen molar-refractivity contribution in [3.63, 3.8) is 0 Å². The minimum absolute atomic E-state index is 0.0521. The van der Waals surface area contributed by atoms with Crippen molar-refractivity contribution in [2.45, 2.75) is 20.8 Å². The Morgan fingerprint density at radius 3 is 2.30 bits per heavy atom. The molecule has 0 unspecified atom stereocenters. The van der Waals surface area contributed by atoms with Gasteiger partial charge in [0.05, 0.1) is 11.4 Å². The second kappa shape index (κ2) is 9.91. The van der Waals surface area contributed by atoms with Crippen LogP contribution >= 0.6 is 11.8 Å². The Hall–Kier alpha value is -3.59. The standard InChI is InChI=1S/C24H26N4O4S/c1-14-7-10-17(11-8-14)25-21(20-22(30)27(4)24(32)28(5)23(20)31)33-13-19(29)26-18-12-15(2)6-9-16(18)3/h6-12,30H,13H2,1-5H3,(H,26,29). The molecule has 8 nitrogen and oxygen atoms in total. The van der Waals surface area contributed by atoms with Crippen LogP contribution in [0.4, 0.5) is 11.4 Å². The number of benzene rings is 2. The fourth-order valence-corrected chi connectivity index (χ4v) is 3.94. The quantitative estimate of drug-likeness (QED) is 0.444. The molecule has 0 saturated carbocycles. The van der Waals surface area contributed by atoms with Crippen molar-refractivity contribution in [1.82, 2.24) is 9.13 Å². The first-order chi connectivity index (χ1) is 15.6. The summed E-state index contributed by atoms with van der Waals surface area (Å²) < 4.78 is 1.87. The van der Waals surface area contributed by atoms with E-state index in [9.17, 15) is 19.5 Å². The van der Waals surface area contributed by atoms with Crippen LogP contribution in [-0.2, 0) is 18.9 Å². The summed E-state index contributed by atoms with van der Waals surface area (Å²) in [7, 11) is 2.69. The Bertz CT molecular complexity index is 1350. The van der Waals surface area contributed by atoms with E-state index in [1.54, 1.807) is 12.1 Å². The number of nitrogens with one attached hydrogen (secondary N) is 1. The SMILES string of the molecule is Cc1ccc(N=C(SCC(=O)Nc2cc(C)ccc2C)c2c(O)n(C)c(=O)n(C)c2=O)cc1. The third-order valence-corrected chi connectivity index (χ3v) is 6.09. The highest BCUT2D eigenvalue weighted by Crippen LogP contribution is 2.24. The van der Waals surface area contributed by atoms with E-state index in [1.807, 2.05) is 51.1 Å². The highest BCUT2D eigenvalue weighted by atomic mass is 32.2. The number of aliphatic imine (C=N–C) groups is 1. The van der Waals surface area contributed by atoms with Crippen LogP contribution in [0.2, 0.25) is 0 Å². The second-order valence-corrected chi connectivity index (χ2v) is 8.78. The molecule has 0 fully saturated rings. The first-order valence-electron chi connectivity index (χ1n) is 10.2. The maximum atomic E-state index is 12.9. The Kier molecular flexibility index (Phi) is 7.23. The Balaban J connectivity index is 1.98. The molecule has 0 bridgehead atoms. The van der Waals surface area contributed by atoms with Gasteiger partial charge in [-0.05, 0) is 50.1 Å². The van der Waals surface area contributed by atoms with Crippen molar-refractivity contribution in [3.8, 4) is 5.88 Å². The zero-order valence-electron chi connectivity index (χ0n) is 19.2. The van der Waals surface area contributed by atoms with Gasteiger partial charge in [0.15, 0.2) is 0 Å². The van der Waals surface area contributed by atoms with Crippen molar-refractivity contribution in [2.75, 3.05) is 11.1 Å². The molecule has 3 rings (SSSR count). The summed E-state index contributed by atoms with van der Waals surface area (Å²) in [6.45, 7) is 5.78. The molecule has 0 aliphatic rings. The van der Waals surface area contributed by atoms with Crippen LogP contribution in [0.15, 0.2) is 57.0 Å². The third kappa shape index (κ3) is 5.43. The predicted molar refractivity (Wildman–Crippen MR) is 133 cm³/mol. The summed E-state index contributed by atoms with van der Waals surface area (Å²) >= 11 is 1.01. The van der Waals surface area contributed by atoms with Gasteiger partial charge >= 0.3 is 5.69 Å². The monoisotopic (exact) mass is 466 g/mol. The molecule has 1 aromatic heterocycles. The molecule has 0 atom stereocenters. The lowest BCUT2D eigenvalue weighted by Gasteiger charge is -2.13. The van der Waals surface area contributed by atoms with Gasteiger partial charge < -0.3 is 10.4 Å². The van der Waals surface area contributed by atoms with Crippen molar-refractivity contribution in [3.05, 3.63) is 85.6 Å². The maximum absolute atomic E-state index is 12.9. The van der Waals surface area contributed by atoms with Gasteiger partial charge in [0.25, 0.3) is 5.56 Å². The third-order valence-electron chi connectivity index (χ3n) is 5.12. The Morgan fingerprint density at radius 1 is 1.00 bits per heavy atom. The van der Waals surface area contributed by atoms with Gasteiger partial charge in [-0.2, -0.15) is 0 Å². The summed E-state index contributed by atoms with van der Waals surface area (Å²) in [5.74, 6) is -0.841. The lowest BCUT2D eigenvalue weighted by Crippen LogP contribution is -2.39. The van der Waals surface area contributed by atoms with Gasteiger partial charge in [0, 0.05) is 19.8 Å². The second-order valence-electron chi connectivity index (χ2n) is 7.81. The lowest BCUT2D eigenvalue weighted by atomic mass is 10.1. The number of thioether (sulfide) groups is 1. The van der Waals surface area contributed by atoms with E-state index in [0.29, 0.717) is 11.4 Å². The first kappa shape index (κ1) is 24.1. The highest BCUT2D eigenvalue weighted by molar-refractivity contribution is 8.15. The number of rotatable bonds is 5. The average Bonchev–Trinajstić information content (AvgIpc) is 2.78. The van der Waals surface area contributed by atoms with Crippen LogP contribution < -0.4 is 16.6 Å². The summed E-state index contributed by atoms with van der Waals surface area (Å²) in [5.41, 5.74) is 2.76. The minimum Gasteiger partial charge on any atom is -0.494 e. The van der Waals surface area contributed by atoms with Gasteiger partial charge in [0.1, 0.15) is 10.6 Å². The Morgan fingerprint density at radius 2 is 1.64 bits per heavy atom. The molecule has 0 aliphatic heterocycles. The summed E-state index contributed by atoms with van der Waals surface area (Å²) in [6, 6.07) is 13.1. The number of carbonyl (C=O) groups is 1. The van der Waals surface area contributed by atoms with Crippen molar-refractivity contribution < 1.29 is 9.90 Å².